The minimum Gasteiger partial charge on any atom is -0.477 e. The summed E-state index contributed by atoms with van der Waals surface area (Å²) in [5.41, 5.74) is 2.43. The lowest BCUT2D eigenvalue weighted by molar-refractivity contribution is -0.0926. The number of hydrogen-bond acceptors (Lipinski definition) is 4. The zero-order chi connectivity index (χ0) is 19.0. The van der Waals surface area contributed by atoms with E-state index in [0.717, 1.165) is 34.4 Å². The Hall–Kier alpha value is -2.18. The van der Waals surface area contributed by atoms with Crippen LogP contribution in [0, 0.1) is 0 Å². The molecule has 27 heavy (non-hydrogen) atoms. The summed E-state index contributed by atoms with van der Waals surface area (Å²) >= 11 is 1.36. The van der Waals surface area contributed by atoms with Gasteiger partial charge in [-0.15, -0.1) is 11.3 Å². The van der Waals surface area contributed by atoms with Gasteiger partial charge in [0.1, 0.15) is 4.88 Å². The number of benzene rings is 1. The lowest BCUT2D eigenvalue weighted by Gasteiger charge is -2.44. The predicted molar refractivity (Wildman–Crippen MR) is 104 cm³/mol. The minimum absolute atomic E-state index is 0.0786. The summed E-state index contributed by atoms with van der Waals surface area (Å²) in [7, 11) is 0. The second-order valence-electron chi connectivity index (χ2n) is 7.15. The maximum Gasteiger partial charge on any atom is 0.345 e. The number of carboxylic acid groups (broad SMARTS) is 1. The number of piperidine rings is 1. The van der Waals surface area contributed by atoms with Crippen LogP contribution in [0.4, 0.5) is 0 Å². The molecular weight excluding hydrogens is 362 g/mol. The molecule has 2 aliphatic rings. The third kappa shape index (κ3) is 3.17. The van der Waals surface area contributed by atoms with Gasteiger partial charge in [0.15, 0.2) is 0 Å². The molecule has 1 N–H and O–H groups in total. The molecule has 0 saturated carbocycles. The van der Waals surface area contributed by atoms with Crippen molar-refractivity contribution in [2.24, 2.45) is 0 Å². The van der Waals surface area contributed by atoms with Gasteiger partial charge in [-0.05, 0) is 42.5 Å². The number of rotatable bonds is 3. The lowest BCUT2D eigenvalue weighted by atomic mass is 9.82. The van der Waals surface area contributed by atoms with E-state index in [4.69, 9.17) is 4.74 Å². The van der Waals surface area contributed by atoms with Gasteiger partial charge in [-0.3, -0.25) is 4.79 Å². The van der Waals surface area contributed by atoms with Crippen LogP contribution in [-0.4, -0.2) is 41.6 Å². The highest BCUT2D eigenvalue weighted by atomic mass is 32.1. The number of fused-ring (bicyclic) bond motifs is 2. The topological polar surface area (TPSA) is 66.8 Å². The maximum atomic E-state index is 13.0. The molecule has 0 radical (unpaired) electrons. The van der Waals surface area contributed by atoms with Crippen molar-refractivity contribution in [3.63, 3.8) is 0 Å². The second-order valence-corrected chi connectivity index (χ2v) is 8.29. The Morgan fingerprint density at radius 1 is 1.26 bits per heavy atom. The highest BCUT2D eigenvalue weighted by molar-refractivity contribution is 7.14. The zero-order valence-electron chi connectivity index (χ0n) is 15.4. The molecule has 1 saturated heterocycles. The first-order chi connectivity index (χ1) is 13.0. The van der Waals surface area contributed by atoms with Crippen molar-refractivity contribution in [1.29, 1.82) is 0 Å². The van der Waals surface area contributed by atoms with E-state index in [1.807, 2.05) is 29.2 Å². The molecular formula is C21H23NO4S. The molecule has 0 bridgehead atoms. The first kappa shape index (κ1) is 18.2. The highest BCUT2D eigenvalue weighted by Gasteiger charge is 2.43. The predicted octanol–water partition coefficient (Wildman–Crippen LogP) is 3.71. The molecule has 4 rings (SSSR count). The first-order valence-corrected chi connectivity index (χ1v) is 10.2. The van der Waals surface area contributed by atoms with E-state index in [2.05, 4.69) is 6.92 Å². The lowest BCUT2D eigenvalue weighted by Crippen LogP contribution is -2.48. The summed E-state index contributed by atoms with van der Waals surface area (Å²) in [6.45, 7) is 3.91. The first-order valence-electron chi connectivity index (χ1n) is 9.41. The van der Waals surface area contributed by atoms with Crippen molar-refractivity contribution >= 4 is 23.2 Å². The van der Waals surface area contributed by atoms with Gasteiger partial charge < -0.3 is 14.7 Å². The van der Waals surface area contributed by atoms with Crippen LogP contribution in [0.15, 0.2) is 30.3 Å². The monoisotopic (exact) mass is 385 g/mol. The molecule has 0 unspecified atom stereocenters. The summed E-state index contributed by atoms with van der Waals surface area (Å²) in [4.78, 5) is 27.8. The molecule has 1 aromatic carbocycles. The Morgan fingerprint density at radius 3 is 2.70 bits per heavy atom. The van der Waals surface area contributed by atoms with Gasteiger partial charge in [0.2, 0.25) is 0 Å². The van der Waals surface area contributed by atoms with Crippen molar-refractivity contribution in [2.45, 2.75) is 38.2 Å². The largest absolute Gasteiger partial charge is 0.477 e. The van der Waals surface area contributed by atoms with Crippen LogP contribution < -0.4 is 0 Å². The molecule has 5 nitrogen and oxygen atoms in total. The van der Waals surface area contributed by atoms with Crippen molar-refractivity contribution in [3.8, 4) is 0 Å². The van der Waals surface area contributed by atoms with Gasteiger partial charge >= 0.3 is 5.97 Å². The van der Waals surface area contributed by atoms with Crippen molar-refractivity contribution in [3.05, 3.63) is 56.8 Å². The van der Waals surface area contributed by atoms with E-state index in [1.54, 1.807) is 6.07 Å². The van der Waals surface area contributed by atoms with E-state index in [9.17, 15) is 14.7 Å². The molecule has 0 atom stereocenters. The number of nitrogens with zero attached hydrogens (tertiary/aromatic N) is 1. The smallest absolute Gasteiger partial charge is 0.345 e. The number of hydrogen-bond donors (Lipinski definition) is 1. The van der Waals surface area contributed by atoms with Gasteiger partial charge in [0, 0.05) is 30.0 Å². The molecule has 3 heterocycles. The molecule has 0 aliphatic carbocycles. The Morgan fingerprint density at radius 2 is 2.00 bits per heavy atom. The normalized spacial score (nSPS) is 18.3. The number of likely N-dealkylation sites (tertiary alicyclic amines) is 1. The van der Waals surface area contributed by atoms with Crippen LogP contribution in [0.5, 0.6) is 0 Å². The van der Waals surface area contributed by atoms with Gasteiger partial charge in [-0.2, -0.15) is 0 Å². The van der Waals surface area contributed by atoms with Gasteiger partial charge in [0.25, 0.3) is 5.91 Å². The fraction of sp³-hybridized carbons (Fsp3) is 0.429. The van der Waals surface area contributed by atoms with E-state index < -0.39 is 11.6 Å². The van der Waals surface area contributed by atoms with Crippen molar-refractivity contribution in [1.82, 2.24) is 4.90 Å². The Balaban J connectivity index is 1.54. The molecule has 2 aliphatic heterocycles. The zero-order valence-corrected chi connectivity index (χ0v) is 16.2. The van der Waals surface area contributed by atoms with Crippen LogP contribution in [0.25, 0.3) is 0 Å². The second kappa shape index (κ2) is 7.09. The molecule has 1 aromatic heterocycles. The van der Waals surface area contributed by atoms with E-state index in [-0.39, 0.29) is 5.91 Å². The number of ether oxygens (including phenoxy) is 1. The van der Waals surface area contributed by atoms with Gasteiger partial charge in [-0.1, -0.05) is 25.1 Å². The standard InChI is InChI=1S/C21H23NO4S/c1-2-14-5-3-4-6-15(14)19(23)22-10-8-21(9-11-22)16-13-18(20(24)25)27-17(16)7-12-26-21/h3-6,13H,2,7-12H2,1H3,(H,24,25). The highest BCUT2D eigenvalue weighted by Crippen LogP contribution is 2.44. The third-order valence-corrected chi connectivity index (χ3v) is 6.89. The van der Waals surface area contributed by atoms with Crippen LogP contribution in [0.2, 0.25) is 0 Å². The molecule has 2 aromatic rings. The van der Waals surface area contributed by atoms with Crippen LogP contribution in [0.1, 0.15) is 55.8 Å². The van der Waals surface area contributed by atoms with Gasteiger partial charge in [-0.25, -0.2) is 4.79 Å². The van der Waals surface area contributed by atoms with Crippen LogP contribution in [-0.2, 0) is 23.2 Å². The Labute approximate surface area is 162 Å². The number of aromatic carboxylic acids is 1. The Kier molecular flexibility index (Phi) is 4.78. The SMILES string of the molecule is CCc1ccccc1C(=O)N1CCC2(CC1)OCCc1sc(C(=O)O)cc12. The molecule has 6 heteroatoms. The average Bonchev–Trinajstić information content (AvgIpc) is 3.14. The van der Waals surface area contributed by atoms with E-state index >= 15 is 0 Å². The summed E-state index contributed by atoms with van der Waals surface area (Å²) in [5.74, 6) is -0.803. The number of carbonyl (C=O) groups is 2. The van der Waals surface area contributed by atoms with Crippen molar-refractivity contribution in [2.75, 3.05) is 19.7 Å². The number of carbonyl (C=O) groups excluding carboxylic acids is 1. The quantitative estimate of drug-likeness (QED) is 0.875. The van der Waals surface area contributed by atoms with Crippen LogP contribution >= 0.6 is 11.3 Å². The summed E-state index contributed by atoms with van der Waals surface area (Å²) < 4.78 is 6.18. The number of thiophene rings is 1. The number of carboxylic acids is 1. The molecule has 1 fully saturated rings. The third-order valence-electron chi connectivity index (χ3n) is 5.71. The molecule has 1 amide bonds. The van der Waals surface area contributed by atoms with E-state index in [0.29, 0.717) is 37.4 Å². The minimum atomic E-state index is -0.881. The fourth-order valence-corrected chi connectivity index (χ4v) is 5.28. The summed E-state index contributed by atoms with van der Waals surface area (Å²) in [6, 6.07) is 9.57. The van der Waals surface area contributed by atoms with Gasteiger partial charge in [0.05, 0.1) is 12.2 Å². The number of amides is 1. The average molecular weight is 385 g/mol. The number of aryl methyl sites for hydroxylation is 1. The maximum absolute atomic E-state index is 13.0. The fourth-order valence-electron chi connectivity index (χ4n) is 4.21. The Bertz CT molecular complexity index is 880. The van der Waals surface area contributed by atoms with Crippen molar-refractivity contribution < 1.29 is 19.4 Å². The van der Waals surface area contributed by atoms with Crippen LogP contribution in [0.3, 0.4) is 0 Å². The molecule has 142 valence electrons. The summed E-state index contributed by atoms with van der Waals surface area (Å²) in [5, 5.41) is 9.33. The summed E-state index contributed by atoms with van der Waals surface area (Å²) in [6.07, 6.45) is 3.01. The van der Waals surface area contributed by atoms with E-state index in [1.165, 1.54) is 11.3 Å². The molecule has 1 spiro atoms.